The molecule has 24 heteroatoms. The van der Waals surface area contributed by atoms with Crippen LogP contribution in [0.5, 0.6) is 0 Å². The molecule has 0 bridgehead atoms. The molecule has 3 unspecified atom stereocenters. The standard InChI is InChI=1S/C20H26N5O14P3S2/c1-10(44-43-2)11-5-3-4-6-12(11)19(27)37-13-7-15(25-9-22-16-17(25)23-20(21)24-18(16)26)36-14(13)8-35-41(31,32)39-42(33,34)38-40(28,29)30/h3-6,9-10,13-15H,7-8H2,1-2H3,(H,31,32)(H,33,34)(H2,28,29,30)(H3,21,23,24,26)/t10?,13-,14-,15-/m1/s1. The van der Waals surface area contributed by atoms with Crippen LogP contribution in [-0.2, 0) is 36.3 Å². The minimum atomic E-state index is -5.78. The van der Waals surface area contributed by atoms with Gasteiger partial charge in [0.2, 0.25) is 5.95 Å². The zero-order valence-corrected chi connectivity index (χ0v) is 26.9. The maximum atomic E-state index is 13.4. The van der Waals surface area contributed by atoms with E-state index in [1.807, 2.05) is 13.2 Å². The van der Waals surface area contributed by atoms with Crippen LogP contribution in [-0.4, -0.2) is 70.1 Å². The van der Waals surface area contributed by atoms with E-state index in [0.717, 1.165) is 0 Å². The third kappa shape index (κ3) is 8.79. The van der Waals surface area contributed by atoms with Crippen molar-refractivity contribution >= 4 is 68.1 Å². The molecule has 44 heavy (non-hydrogen) atoms. The number of esters is 1. The molecule has 1 aliphatic heterocycles. The molecule has 7 N–H and O–H groups in total. The van der Waals surface area contributed by atoms with Crippen LogP contribution in [0.25, 0.3) is 11.2 Å². The van der Waals surface area contributed by atoms with E-state index in [2.05, 4.69) is 23.6 Å². The smallest absolute Gasteiger partial charge is 0.456 e. The quantitative estimate of drug-likeness (QED) is 0.0841. The average molecular weight is 718 g/mol. The summed E-state index contributed by atoms with van der Waals surface area (Å²) in [5.74, 6) is -0.982. The number of H-pyrrole nitrogens is 1. The summed E-state index contributed by atoms with van der Waals surface area (Å²) in [7, 11) is -13.9. The molecule has 242 valence electrons. The summed E-state index contributed by atoms with van der Waals surface area (Å²) in [5, 5.41) is -0.102. The van der Waals surface area contributed by atoms with E-state index >= 15 is 0 Å². The van der Waals surface area contributed by atoms with Crippen molar-refractivity contribution in [2.75, 3.05) is 18.6 Å². The van der Waals surface area contributed by atoms with Crippen molar-refractivity contribution in [1.82, 2.24) is 19.5 Å². The first-order valence-electron chi connectivity index (χ1n) is 12.1. The number of benzene rings is 1. The molecule has 4 rings (SSSR count). The molecule has 0 aliphatic carbocycles. The van der Waals surface area contributed by atoms with Gasteiger partial charge < -0.3 is 34.8 Å². The number of nitrogen functional groups attached to an aromatic ring is 1. The van der Waals surface area contributed by atoms with Crippen LogP contribution >= 0.6 is 45.1 Å². The van der Waals surface area contributed by atoms with Crippen molar-refractivity contribution in [2.24, 2.45) is 0 Å². The van der Waals surface area contributed by atoms with Crippen molar-refractivity contribution in [2.45, 2.75) is 37.0 Å². The highest BCUT2D eigenvalue weighted by atomic mass is 33.1. The van der Waals surface area contributed by atoms with Gasteiger partial charge in [-0.1, -0.05) is 39.8 Å². The summed E-state index contributed by atoms with van der Waals surface area (Å²) in [6.07, 6.45) is -0.577. The van der Waals surface area contributed by atoms with Crippen LogP contribution < -0.4 is 11.3 Å². The second-order valence-electron chi connectivity index (χ2n) is 8.96. The molecule has 1 aliphatic rings. The average Bonchev–Trinajstić information content (AvgIpc) is 3.49. The molecule has 19 nitrogen and oxygen atoms in total. The summed E-state index contributed by atoms with van der Waals surface area (Å²) in [6.45, 7) is 0.999. The lowest BCUT2D eigenvalue weighted by Crippen LogP contribution is -2.31. The Hall–Kier alpha value is -2.09. The number of rotatable bonds is 13. The summed E-state index contributed by atoms with van der Waals surface area (Å²) in [6, 6.07) is 6.72. The van der Waals surface area contributed by atoms with Crippen LogP contribution in [0, 0.1) is 0 Å². The zero-order chi connectivity index (χ0) is 32.4. The lowest BCUT2D eigenvalue weighted by molar-refractivity contribution is -0.0490. The lowest BCUT2D eigenvalue weighted by atomic mass is 10.0. The first kappa shape index (κ1) is 34.8. The molecule has 0 spiro atoms. The van der Waals surface area contributed by atoms with Crippen molar-refractivity contribution in [3.63, 3.8) is 0 Å². The number of nitrogens with zero attached hydrogens (tertiary/aromatic N) is 3. The first-order valence-corrected chi connectivity index (χ1v) is 19.3. The van der Waals surface area contributed by atoms with Gasteiger partial charge >= 0.3 is 29.4 Å². The van der Waals surface area contributed by atoms with Gasteiger partial charge in [0.25, 0.3) is 5.56 Å². The number of hydrogen-bond acceptors (Lipinski definition) is 15. The number of hydrogen-bond donors (Lipinski definition) is 6. The zero-order valence-electron chi connectivity index (χ0n) is 22.6. The number of aromatic nitrogens is 4. The van der Waals surface area contributed by atoms with Gasteiger partial charge in [-0.3, -0.25) is 18.9 Å². The molecule has 1 saturated heterocycles. The number of carbonyl (C=O) groups is 1. The van der Waals surface area contributed by atoms with Crippen LogP contribution in [0.3, 0.4) is 0 Å². The van der Waals surface area contributed by atoms with E-state index in [4.69, 9.17) is 29.5 Å². The van der Waals surface area contributed by atoms with Gasteiger partial charge in [-0.15, -0.1) is 0 Å². The van der Waals surface area contributed by atoms with Crippen molar-refractivity contribution in [3.8, 4) is 0 Å². The van der Waals surface area contributed by atoms with Crippen molar-refractivity contribution < 1.29 is 60.7 Å². The third-order valence-corrected chi connectivity index (χ3v) is 11.9. The minimum absolute atomic E-state index is 0.0168. The van der Waals surface area contributed by atoms with Crippen molar-refractivity contribution in [1.29, 1.82) is 0 Å². The summed E-state index contributed by atoms with van der Waals surface area (Å²) < 4.78 is 60.2. The van der Waals surface area contributed by atoms with Crippen LogP contribution in [0.4, 0.5) is 5.95 Å². The molecular formula is C20H26N5O14P3S2. The largest absolute Gasteiger partial charge is 0.490 e. The number of aromatic amines is 1. The molecular weight excluding hydrogens is 691 g/mol. The topological polar surface area (TPSA) is 285 Å². The number of imidazole rings is 1. The van der Waals surface area contributed by atoms with Crippen LogP contribution in [0.1, 0.15) is 40.7 Å². The Balaban J connectivity index is 1.60. The maximum Gasteiger partial charge on any atom is 0.490 e. The molecule has 0 saturated carbocycles. The Morgan fingerprint density at radius 2 is 1.91 bits per heavy atom. The monoisotopic (exact) mass is 717 g/mol. The number of fused-ring (bicyclic) bond motifs is 1. The number of anilines is 1. The highest BCUT2D eigenvalue weighted by molar-refractivity contribution is 8.76. The maximum absolute atomic E-state index is 13.4. The highest BCUT2D eigenvalue weighted by Gasteiger charge is 2.44. The highest BCUT2D eigenvalue weighted by Crippen LogP contribution is 2.66. The molecule has 3 heterocycles. The fourth-order valence-electron chi connectivity index (χ4n) is 4.20. The molecule has 3 aromatic rings. The van der Waals surface area contributed by atoms with Gasteiger partial charge in [0, 0.05) is 11.7 Å². The van der Waals surface area contributed by atoms with E-state index in [1.54, 1.807) is 24.3 Å². The summed E-state index contributed by atoms with van der Waals surface area (Å²) in [4.78, 5) is 72.8. The Morgan fingerprint density at radius 3 is 2.59 bits per heavy atom. The number of nitrogens with one attached hydrogen (secondary N) is 1. The van der Waals surface area contributed by atoms with E-state index in [1.165, 1.54) is 32.5 Å². The predicted octanol–water partition coefficient (Wildman–Crippen LogP) is 2.63. The SMILES string of the molecule is CSSC(C)c1ccccc1C(=O)O[C@@H]1C[C@H](n2cnc3c(=O)[nH]c(N)nc32)O[C@@H]1COP(=O)(O)OP(=O)(O)OP(=O)(O)O. The fraction of sp³-hybridized carbons (Fsp3) is 0.400. The summed E-state index contributed by atoms with van der Waals surface area (Å²) >= 11 is 0. The van der Waals surface area contributed by atoms with Gasteiger partial charge in [-0.2, -0.15) is 13.6 Å². The third-order valence-electron chi connectivity index (χ3n) is 5.88. The van der Waals surface area contributed by atoms with Crippen molar-refractivity contribution in [3.05, 3.63) is 52.1 Å². The Bertz CT molecular complexity index is 1730. The Morgan fingerprint density at radius 1 is 1.20 bits per heavy atom. The van der Waals surface area contributed by atoms with Gasteiger partial charge in [0.1, 0.15) is 18.4 Å². The predicted molar refractivity (Wildman–Crippen MR) is 156 cm³/mol. The van der Waals surface area contributed by atoms with Crippen LogP contribution in [0.15, 0.2) is 35.4 Å². The normalized spacial score (nSPS) is 22.4. The number of phosphoric ester groups is 1. The molecule has 0 radical (unpaired) electrons. The second kappa shape index (κ2) is 13.7. The molecule has 2 aromatic heterocycles. The second-order valence-corrected chi connectivity index (χ2v) is 16.2. The Labute approximate surface area is 255 Å². The van der Waals surface area contributed by atoms with Crippen LogP contribution in [0.2, 0.25) is 0 Å². The van der Waals surface area contributed by atoms with Gasteiger partial charge in [0.05, 0.1) is 18.5 Å². The van der Waals surface area contributed by atoms with E-state index in [0.29, 0.717) is 5.56 Å². The fourth-order valence-corrected chi connectivity index (χ4v) is 9.01. The van der Waals surface area contributed by atoms with Gasteiger partial charge in [-0.25, -0.2) is 23.5 Å². The lowest BCUT2D eigenvalue weighted by Gasteiger charge is -2.22. The van der Waals surface area contributed by atoms with Gasteiger partial charge in [0.15, 0.2) is 11.2 Å². The Kier molecular flexibility index (Phi) is 10.8. The van der Waals surface area contributed by atoms with E-state index in [9.17, 15) is 33.1 Å². The summed E-state index contributed by atoms with van der Waals surface area (Å²) in [5.41, 5.74) is 5.88. The number of ether oxygens (including phenoxy) is 2. The molecule has 1 aromatic carbocycles. The number of carbonyl (C=O) groups excluding carboxylic acids is 1. The first-order chi connectivity index (χ1) is 20.5. The molecule has 6 atom stereocenters. The number of nitrogens with two attached hydrogens (primary N) is 1. The van der Waals surface area contributed by atoms with E-state index in [-0.39, 0.29) is 34.3 Å². The number of phosphoric acid groups is 3. The minimum Gasteiger partial charge on any atom is -0.456 e. The molecule has 0 amide bonds. The molecule has 1 fully saturated rings. The van der Waals surface area contributed by atoms with Gasteiger partial charge in [-0.05, 0) is 24.8 Å². The van der Waals surface area contributed by atoms with E-state index < -0.39 is 60.0 Å².